The van der Waals surface area contributed by atoms with E-state index >= 15 is 0 Å². The Hall–Kier alpha value is -3.60. The second kappa shape index (κ2) is 13.5. The monoisotopic (exact) mass is 486 g/mol. The minimum atomic E-state index is -0.627. The maximum Gasteiger partial charge on any atom is 0.243 e. The van der Waals surface area contributed by atoms with Gasteiger partial charge in [0.25, 0.3) is 0 Å². The lowest BCUT2D eigenvalue weighted by Crippen LogP contribution is -2.52. The molecule has 0 bridgehead atoms. The van der Waals surface area contributed by atoms with Crippen LogP contribution in [0.15, 0.2) is 78.9 Å². The summed E-state index contributed by atoms with van der Waals surface area (Å²) < 4.78 is 5.40. The van der Waals surface area contributed by atoms with Crippen LogP contribution in [0.5, 0.6) is 5.75 Å². The molecule has 0 aromatic heterocycles. The Bertz CT molecular complexity index is 1110. The Kier molecular flexibility index (Phi) is 10.1. The third-order valence-corrected chi connectivity index (χ3v) is 6.51. The first kappa shape index (κ1) is 27.0. The summed E-state index contributed by atoms with van der Waals surface area (Å²) in [7, 11) is 1.63. The highest BCUT2D eigenvalue weighted by Crippen LogP contribution is 2.20. The Morgan fingerprint density at radius 3 is 2.28 bits per heavy atom. The van der Waals surface area contributed by atoms with Crippen molar-refractivity contribution < 1.29 is 14.3 Å². The van der Waals surface area contributed by atoms with Crippen molar-refractivity contribution >= 4 is 11.8 Å². The van der Waals surface area contributed by atoms with Gasteiger partial charge in [0, 0.05) is 25.4 Å². The second-order valence-corrected chi connectivity index (χ2v) is 9.38. The zero-order valence-corrected chi connectivity index (χ0v) is 21.9. The van der Waals surface area contributed by atoms with Crippen molar-refractivity contribution in [2.75, 3.05) is 7.11 Å². The number of amides is 2. The van der Waals surface area contributed by atoms with Gasteiger partial charge in [-0.25, -0.2) is 0 Å². The van der Waals surface area contributed by atoms with Gasteiger partial charge < -0.3 is 15.0 Å². The number of hydrogen-bond donors (Lipinski definition) is 1. The molecule has 0 unspecified atom stereocenters. The molecule has 0 aliphatic carbocycles. The number of aryl methyl sites for hydroxylation is 2. The average Bonchev–Trinajstić information content (AvgIpc) is 2.90. The molecule has 0 saturated carbocycles. The summed E-state index contributed by atoms with van der Waals surface area (Å²) in [6.07, 6.45) is 2.22. The minimum absolute atomic E-state index is 0.0251. The minimum Gasteiger partial charge on any atom is -0.497 e. The van der Waals surface area contributed by atoms with Crippen LogP contribution in [0.1, 0.15) is 48.9 Å². The van der Waals surface area contributed by atoms with Crippen molar-refractivity contribution in [3.8, 4) is 5.75 Å². The Balaban J connectivity index is 1.92. The average molecular weight is 487 g/mol. The van der Waals surface area contributed by atoms with Gasteiger partial charge in [-0.15, -0.1) is 0 Å². The van der Waals surface area contributed by atoms with E-state index in [1.54, 1.807) is 12.0 Å². The quantitative estimate of drug-likeness (QED) is 0.368. The topological polar surface area (TPSA) is 58.6 Å². The second-order valence-electron chi connectivity index (χ2n) is 9.38. The molecule has 3 aromatic rings. The first-order valence-electron chi connectivity index (χ1n) is 12.7. The van der Waals surface area contributed by atoms with Gasteiger partial charge in [0.05, 0.1) is 7.11 Å². The third kappa shape index (κ3) is 7.98. The fourth-order valence-corrected chi connectivity index (χ4v) is 4.11. The zero-order chi connectivity index (χ0) is 25.9. The summed E-state index contributed by atoms with van der Waals surface area (Å²) in [5.41, 5.74) is 4.24. The molecule has 3 rings (SSSR count). The van der Waals surface area contributed by atoms with E-state index in [1.807, 2.05) is 68.4 Å². The SMILES string of the molecule is CC[C@@H](C)NC(=O)[C@@H](Cc1ccccc1)N(Cc1cccc(OC)c1)C(=O)CCc1ccc(C)cc1. The highest BCUT2D eigenvalue weighted by Gasteiger charge is 2.30. The van der Waals surface area contributed by atoms with Crippen molar-refractivity contribution in [1.82, 2.24) is 10.2 Å². The van der Waals surface area contributed by atoms with E-state index in [1.165, 1.54) is 5.56 Å². The van der Waals surface area contributed by atoms with Crippen LogP contribution in [-0.4, -0.2) is 35.9 Å². The van der Waals surface area contributed by atoms with Gasteiger partial charge in [0.2, 0.25) is 11.8 Å². The largest absolute Gasteiger partial charge is 0.497 e. The lowest BCUT2D eigenvalue weighted by molar-refractivity contribution is -0.141. The van der Waals surface area contributed by atoms with E-state index in [2.05, 4.69) is 36.5 Å². The fourth-order valence-electron chi connectivity index (χ4n) is 4.11. The molecule has 36 heavy (non-hydrogen) atoms. The van der Waals surface area contributed by atoms with Crippen molar-refractivity contribution in [2.45, 2.75) is 65.1 Å². The molecule has 5 heteroatoms. The molecule has 0 spiro atoms. The van der Waals surface area contributed by atoms with Gasteiger partial charge in [-0.05, 0) is 55.5 Å². The number of nitrogens with one attached hydrogen (secondary N) is 1. The molecule has 2 amide bonds. The van der Waals surface area contributed by atoms with E-state index in [-0.39, 0.29) is 17.9 Å². The number of nitrogens with zero attached hydrogens (tertiary/aromatic N) is 1. The molecule has 0 radical (unpaired) electrons. The number of benzene rings is 3. The fraction of sp³-hybridized carbons (Fsp3) is 0.355. The Labute approximate surface area is 215 Å². The third-order valence-electron chi connectivity index (χ3n) is 6.51. The molecular weight excluding hydrogens is 448 g/mol. The van der Waals surface area contributed by atoms with Gasteiger partial charge in [0.15, 0.2) is 0 Å². The van der Waals surface area contributed by atoms with E-state index in [0.717, 1.165) is 28.9 Å². The summed E-state index contributed by atoms with van der Waals surface area (Å²) in [5, 5.41) is 3.12. The van der Waals surface area contributed by atoms with Crippen LogP contribution < -0.4 is 10.1 Å². The number of carbonyl (C=O) groups is 2. The van der Waals surface area contributed by atoms with Crippen LogP contribution in [0, 0.1) is 6.92 Å². The van der Waals surface area contributed by atoms with Gasteiger partial charge in [-0.3, -0.25) is 9.59 Å². The van der Waals surface area contributed by atoms with Crippen LogP contribution in [0.25, 0.3) is 0 Å². The van der Waals surface area contributed by atoms with E-state index in [9.17, 15) is 9.59 Å². The van der Waals surface area contributed by atoms with Crippen molar-refractivity contribution in [3.63, 3.8) is 0 Å². The number of ether oxygens (including phenoxy) is 1. The molecule has 0 saturated heterocycles. The number of rotatable bonds is 12. The molecule has 5 nitrogen and oxygen atoms in total. The molecule has 0 fully saturated rings. The molecular formula is C31H38N2O3. The normalized spacial score (nSPS) is 12.4. The molecule has 0 aliphatic rings. The van der Waals surface area contributed by atoms with E-state index in [4.69, 9.17) is 4.74 Å². The van der Waals surface area contributed by atoms with Crippen molar-refractivity contribution in [1.29, 1.82) is 0 Å². The first-order valence-corrected chi connectivity index (χ1v) is 12.7. The van der Waals surface area contributed by atoms with Gasteiger partial charge in [-0.1, -0.05) is 79.2 Å². The van der Waals surface area contributed by atoms with Crippen LogP contribution in [-0.2, 0) is 29.0 Å². The summed E-state index contributed by atoms with van der Waals surface area (Å²) in [5.74, 6) is 0.557. The first-order chi connectivity index (χ1) is 17.4. The van der Waals surface area contributed by atoms with Crippen molar-refractivity contribution in [2.24, 2.45) is 0 Å². The highest BCUT2D eigenvalue weighted by molar-refractivity contribution is 5.88. The Morgan fingerprint density at radius 2 is 1.61 bits per heavy atom. The van der Waals surface area contributed by atoms with E-state index < -0.39 is 6.04 Å². The number of carbonyl (C=O) groups excluding carboxylic acids is 2. The lowest BCUT2D eigenvalue weighted by Gasteiger charge is -2.32. The van der Waals surface area contributed by atoms with Gasteiger partial charge in [-0.2, -0.15) is 0 Å². The number of methoxy groups -OCH3 is 1. The Morgan fingerprint density at radius 1 is 0.917 bits per heavy atom. The summed E-state index contributed by atoms with van der Waals surface area (Å²) in [6.45, 7) is 6.41. The highest BCUT2D eigenvalue weighted by atomic mass is 16.5. The summed E-state index contributed by atoms with van der Waals surface area (Å²) >= 11 is 0. The molecule has 2 atom stereocenters. The molecule has 0 aliphatic heterocycles. The lowest BCUT2D eigenvalue weighted by atomic mass is 10.0. The summed E-state index contributed by atoms with van der Waals surface area (Å²) in [6, 6.07) is 25.2. The maximum absolute atomic E-state index is 13.7. The predicted molar refractivity (Wildman–Crippen MR) is 145 cm³/mol. The predicted octanol–water partition coefficient (Wildman–Crippen LogP) is 5.49. The summed E-state index contributed by atoms with van der Waals surface area (Å²) in [4.78, 5) is 29.1. The van der Waals surface area contributed by atoms with Crippen LogP contribution >= 0.6 is 0 Å². The van der Waals surface area contributed by atoms with E-state index in [0.29, 0.717) is 25.8 Å². The smallest absolute Gasteiger partial charge is 0.243 e. The van der Waals surface area contributed by atoms with Crippen LogP contribution in [0.4, 0.5) is 0 Å². The van der Waals surface area contributed by atoms with Crippen LogP contribution in [0.3, 0.4) is 0 Å². The van der Waals surface area contributed by atoms with Gasteiger partial charge in [0.1, 0.15) is 11.8 Å². The number of hydrogen-bond acceptors (Lipinski definition) is 3. The van der Waals surface area contributed by atoms with Crippen LogP contribution in [0.2, 0.25) is 0 Å². The zero-order valence-electron chi connectivity index (χ0n) is 21.9. The molecule has 0 heterocycles. The maximum atomic E-state index is 13.7. The molecule has 190 valence electrons. The standard InChI is InChI=1S/C31H38N2O3/c1-5-24(3)32-31(35)29(21-26-10-7-6-8-11-26)33(22-27-12-9-13-28(20-27)36-4)30(34)19-18-25-16-14-23(2)15-17-25/h6-17,20,24,29H,5,18-19,21-22H2,1-4H3,(H,32,35)/t24-,29-/m1/s1. The van der Waals surface area contributed by atoms with Crippen molar-refractivity contribution in [3.05, 3.63) is 101 Å². The molecule has 3 aromatic carbocycles. The molecule has 1 N–H and O–H groups in total. The van der Waals surface area contributed by atoms with Gasteiger partial charge >= 0.3 is 0 Å².